The predicted octanol–water partition coefficient (Wildman–Crippen LogP) is 3.70. The van der Waals surface area contributed by atoms with Gasteiger partial charge in [-0.1, -0.05) is 18.2 Å². The van der Waals surface area contributed by atoms with Gasteiger partial charge < -0.3 is 4.42 Å². The maximum atomic E-state index is 12.9. The number of thiophene rings is 1. The van der Waals surface area contributed by atoms with Gasteiger partial charge in [0.1, 0.15) is 11.8 Å². The molecular formula is C19H17N3O4S2. The number of anilines is 1. The second-order valence-corrected chi connectivity index (χ2v) is 9.06. The number of rotatable bonds is 5. The summed E-state index contributed by atoms with van der Waals surface area (Å²) in [5, 5.41) is 7.84. The number of nitrogens with one attached hydrogen (secondary N) is 1. The van der Waals surface area contributed by atoms with Crippen LogP contribution in [0.2, 0.25) is 0 Å². The molecule has 0 spiro atoms. The average molecular weight is 415 g/mol. The lowest BCUT2D eigenvalue weighted by atomic mass is 10.0. The van der Waals surface area contributed by atoms with Gasteiger partial charge in [-0.05, 0) is 41.3 Å². The van der Waals surface area contributed by atoms with E-state index in [-0.39, 0.29) is 11.9 Å². The van der Waals surface area contributed by atoms with Gasteiger partial charge in [-0.2, -0.15) is 5.10 Å². The molecule has 3 aromatic rings. The highest BCUT2D eigenvalue weighted by Gasteiger charge is 2.35. The van der Waals surface area contributed by atoms with Crippen LogP contribution in [0.1, 0.15) is 33.5 Å². The van der Waals surface area contributed by atoms with Gasteiger partial charge in [0.15, 0.2) is 0 Å². The van der Waals surface area contributed by atoms with Crippen molar-refractivity contribution in [2.24, 2.45) is 5.10 Å². The summed E-state index contributed by atoms with van der Waals surface area (Å²) in [5.74, 6) is 0.450. The Labute approximate surface area is 166 Å². The number of nitrogens with zero attached hydrogens (tertiary/aromatic N) is 2. The normalized spacial score (nSPS) is 16.8. The molecule has 0 saturated heterocycles. The number of sulfonamides is 1. The fraction of sp³-hybridized carbons (Fsp3) is 0.158. The van der Waals surface area contributed by atoms with Crippen LogP contribution in [-0.4, -0.2) is 31.3 Å². The predicted molar refractivity (Wildman–Crippen MR) is 108 cm³/mol. The molecule has 3 heterocycles. The summed E-state index contributed by atoms with van der Waals surface area (Å²) in [7, 11) is -3.39. The second-order valence-electron chi connectivity index (χ2n) is 6.36. The molecule has 144 valence electrons. The molecule has 0 bridgehead atoms. The highest BCUT2D eigenvalue weighted by molar-refractivity contribution is 7.92. The Morgan fingerprint density at radius 1 is 1.25 bits per heavy atom. The van der Waals surface area contributed by atoms with E-state index in [1.165, 1.54) is 16.3 Å². The van der Waals surface area contributed by atoms with Crippen LogP contribution >= 0.6 is 11.3 Å². The molecule has 0 saturated carbocycles. The molecule has 1 aliphatic heterocycles. The van der Waals surface area contributed by atoms with Crippen molar-refractivity contribution in [1.29, 1.82) is 0 Å². The lowest BCUT2D eigenvalue weighted by Crippen LogP contribution is -2.26. The summed E-state index contributed by atoms with van der Waals surface area (Å²) >= 11 is 1.36. The fourth-order valence-corrected chi connectivity index (χ4v) is 4.27. The minimum absolute atomic E-state index is 0.197. The van der Waals surface area contributed by atoms with Crippen LogP contribution in [0.15, 0.2) is 69.7 Å². The second kappa shape index (κ2) is 7.25. The Balaban J connectivity index is 1.69. The van der Waals surface area contributed by atoms with E-state index in [2.05, 4.69) is 9.82 Å². The number of hydrogen-bond acceptors (Lipinski definition) is 6. The van der Waals surface area contributed by atoms with Crippen molar-refractivity contribution < 1.29 is 17.6 Å². The highest BCUT2D eigenvalue weighted by atomic mass is 32.2. The van der Waals surface area contributed by atoms with Crippen LogP contribution in [0.5, 0.6) is 0 Å². The lowest BCUT2D eigenvalue weighted by molar-refractivity contribution is 0.0698. The SMILES string of the molecule is CS(=O)(=O)Nc1cccc(C2=NN(C(=O)c3cccs3)[C@H](c3ccco3)C2)c1. The van der Waals surface area contributed by atoms with Crippen molar-refractivity contribution in [2.75, 3.05) is 11.0 Å². The van der Waals surface area contributed by atoms with Crippen molar-refractivity contribution in [3.8, 4) is 0 Å². The smallest absolute Gasteiger partial charge is 0.284 e. The molecule has 7 nitrogen and oxygen atoms in total. The van der Waals surface area contributed by atoms with Crippen molar-refractivity contribution in [3.63, 3.8) is 0 Å². The third-order valence-electron chi connectivity index (χ3n) is 4.22. The zero-order valence-electron chi connectivity index (χ0n) is 14.9. The van der Waals surface area contributed by atoms with E-state index in [9.17, 15) is 13.2 Å². The van der Waals surface area contributed by atoms with Crippen LogP contribution < -0.4 is 4.72 Å². The average Bonchev–Trinajstić information content (AvgIpc) is 3.40. The summed E-state index contributed by atoms with van der Waals surface area (Å²) in [5.41, 5.74) is 1.87. The van der Waals surface area contributed by atoms with Gasteiger partial charge in [0.2, 0.25) is 10.0 Å². The minimum atomic E-state index is -3.39. The van der Waals surface area contributed by atoms with Gasteiger partial charge in [0.25, 0.3) is 5.91 Å². The first-order valence-corrected chi connectivity index (χ1v) is 11.2. The van der Waals surface area contributed by atoms with Gasteiger partial charge in [-0.3, -0.25) is 9.52 Å². The van der Waals surface area contributed by atoms with E-state index in [0.29, 0.717) is 28.5 Å². The fourth-order valence-electron chi connectivity index (χ4n) is 3.06. The van der Waals surface area contributed by atoms with E-state index < -0.39 is 10.0 Å². The Hall–Kier alpha value is -2.91. The van der Waals surface area contributed by atoms with E-state index in [4.69, 9.17) is 4.42 Å². The quantitative estimate of drug-likeness (QED) is 0.688. The monoisotopic (exact) mass is 415 g/mol. The Bertz CT molecular complexity index is 1120. The third kappa shape index (κ3) is 3.85. The minimum Gasteiger partial charge on any atom is -0.467 e. The molecule has 1 aliphatic rings. The van der Waals surface area contributed by atoms with Crippen molar-refractivity contribution in [3.05, 3.63) is 76.4 Å². The van der Waals surface area contributed by atoms with Crippen LogP contribution in [-0.2, 0) is 10.0 Å². The molecule has 28 heavy (non-hydrogen) atoms. The topological polar surface area (TPSA) is 92.0 Å². The number of benzene rings is 1. The van der Waals surface area contributed by atoms with E-state index in [0.717, 1.165) is 11.8 Å². The van der Waals surface area contributed by atoms with Gasteiger partial charge in [-0.25, -0.2) is 13.4 Å². The van der Waals surface area contributed by atoms with Crippen LogP contribution in [0.4, 0.5) is 5.69 Å². The number of hydrogen-bond donors (Lipinski definition) is 1. The van der Waals surface area contributed by atoms with Gasteiger partial charge in [0.05, 0.1) is 23.1 Å². The molecule has 0 fully saturated rings. The Morgan fingerprint density at radius 2 is 2.11 bits per heavy atom. The van der Waals surface area contributed by atoms with Gasteiger partial charge >= 0.3 is 0 Å². The summed E-state index contributed by atoms with van der Waals surface area (Å²) in [6, 6.07) is 13.8. The molecule has 1 atom stereocenters. The maximum absolute atomic E-state index is 12.9. The summed E-state index contributed by atoms with van der Waals surface area (Å²) in [6.07, 6.45) is 3.13. The Kier molecular flexibility index (Phi) is 4.78. The molecule has 1 N–H and O–H groups in total. The summed E-state index contributed by atoms with van der Waals surface area (Å²) < 4.78 is 31.0. The molecule has 9 heteroatoms. The molecule has 1 aromatic carbocycles. The number of hydrazone groups is 1. The van der Waals surface area contributed by atoms with Crippen LogP contribution in [0, 0.1) is 0 Å². The zero-order valence-corrected chi connectivity index (χ0v) is 16.5. The van der Waals surface area contributed by atoms with Crippen molar-refractivity contribution in [1.82, 2.24) is 5.01 Å². The van der Waals surface area contributed by atoms with Crippen molar-refractivity contribution >= 4 is 38.7 Å². The first-order chi connectivity index (χ1) is 13.4. The zero-order chi connectivity index (χ0) is 19.7. The Morgan fingerprint density at radius 3 is 2.79 bits per heavy atom. The molecule has 0 aliphatic carbocycles. The summed E-state index contributed by atoms with van der Waals surface area (Å²) in [4.78, 5) is 13.5. The first-order valence-electron chi connectivity index (χ1n) is 8.47. The first kappa shape index (κ1) is 18.5. The molecule has 1 amide bonds. The standard InChI is InChI=1S/C19H17N3O4S2/c1-28(24,25)21-14-6-2-5-13(11-14)15-12-16(17-7-3-9-26-17)22(20-15)19(23)18-8-4-10-27-18/h2-11,16,21H,12H2,1H3/t16-/m0/s1. The largest absolute Gasteiger partial charge is 0.467 e. The molecule has 2 aromatic heterocycles. The number of amides is 1. The maximum Gasteiger partial charge on any atom is 0.284 e. The number of carbonyl (C=O) groups excluding carboxylic acids is 1. The molecular weight excluding hydrogens is 398 g/mol. The summed E-state index contributed by atoms with van der Waals surface area (Å²) in [6.45, 7) is 0. The van der Waals surface area contributed by atoms with E-state index in [1.807, 2.05) is 23.6 Å². The third-order valence-corrected chi connectivity index (χ3v) is 5.69. The number of carbonyl (C=O) groups is 1. The molecule has 0 radical (unpaired) electrons. The molecule has 4 rings (SSSR count). The van der Waals surface area contributed by atoms with E-state index in [1.54, 1.807) is 36.6 Å². The molecule has 0 unspecified atom stereocenters. The number of furan rings is 1. The van der Waals surface area contributed by atoms with Crippen LogP contribution in [0.25, 0.3) is 0 Å². The lowest BCUT2D eigenvalue weighted by Gasteiger charge is -2.19. The van der Waals surface area contributed by atoms with Crippen molar-refractivity contribution in [2.45, 2.75) is 12.5 Å². The van der Waals surface area contributed by atoms with Gasteiger partial charge in [0, 0.05) is 12.1 Å². The van der Waals surface area contributed by atoms with Gasteiger partial charge in [-0.15, -0.1) is 11.3 Å². The van der Waals surface area contributed by atoms with Crippen LogP contribution in [0.3, 0.4) is 0 Å². The highest BCUT2D eigenvalue weighted by Crippen LogP contribution is 2.35. The van der Waals surface area contributed by atoms with E-state index >= 15 is 0 Å².